The summed E-state index contributed by atoms with van der Waals surface area (Å²) in [6.07, 6.45) is 4.52. The van der Waals surface area contributed by atoms with Gasteiger partial charge in [-0.1, -0.05) is 17.7 Å². The number of thiophene rings is 1. The second kappa shape index (κ2) is 7.20. The number of carbonyl (C=O) groups excluding carboxylic acids is 1. The zero-order chi connectivity index (χ0) is 18.0. The summed E-state index contributed by atoms with van der Waals surface area (Å²) in [4.78, 5) is 14.1. The van der Waals surface area contributed by atoms with E-state index in [9.17, 15) is 13.2 Å². The molecule has 0 unspecified atom stereocenters. The average molecular weight is 415 g/mol. The van der Waals surface area contributed by atoms with E-state index in [4.69, 9.17) is 16.0 Å². The van der Waals surface area contributed by atoms with Crippen LogP contribution in [0.4, 0.5) is 0 Å². The van der Waals surface area contributed by atoms with E-state index in [-0.39, 0.29) is 21.8 Å². The molecule has 2 aromatic rings. The van der Waals surface area contributed by atoms with Gasteiger partial charge in [-0.3, -0.25) is 9.69 Å². The van der Waals surface area contributed by atoms with Crippen LogP contribution in [-0.4, -0.2) is 30.9 Å². The van der Waals surface area contributed by atoms with Crippen LogP contribution in [0.2, 0.25) is 4.34 Å². The first-order valence-electron chi connectivity index (χ1n) is 6.87. The van der Waals surface area contributed by atoms with E-state index in [0.29, 0.717) is 15.0 Å². The molecule has 0 bridgehead atoms. The molecule has 0 saturated carbocycles. The van der Waals surface area contributed by atoms with Gasteiger partial charge in [-0.25, -0.2) is 0 Å². The number of amidine groups is 1. The SMILES string of the molecule is C=CCN1C(=O)/C(=C/c2ccco2)S/C1=N\S(=O)(=O)c1ccc(Cl)s1. The summed E-state index contributed by atoms with van der Waals surface area (Å²) in [5.41, 5.74) is 0. The number of furan rings is 1. The maximum absolute atomic E-state index is 12.5. The van der Waals surface area contributed by atoms with Crippen molar-refractivity contribution in [1.82, 2.24) is 4.90 Å². The van der Waals surface area contributed by atoms with E-state index in [1.54, 1.807) is 18.2 Å². The fourth-order valence-electron chi connectivity index (χ4n) is 1.95. The standard InChI is InChI=1S/C15H11ClN2O4S3/c1-2-7-18-14(19)11(9-10-4-3-8-22-10)23-15(18)17-25(20,21)13-6-5-12(16)24-13/h2-6,8-9H,1,7H2/b11-9-,17-15-. The van der Waals surface area contributed by atoms with Gasteiger partial charge >= 0.3 is 0 Å². The molecule has 130 valence electrons. The fourth-order valence-corrected chi connectivity index (χ4v) is 5.58. The van der Waals surface area contributed by atoms with Crippen molar-refractivity contribution in [2.24, 2.45) is 4.40 Å². The molecule has 0 aliphatic carbocycles. The first-order valence-corrected chi connectivity index (χ1v) is 10.3. The van der Waals surface area contributed by atoms with E-state index in [1.807, 2.05) is 0 Å². The van der Waals surface area contributed by atoms with Crippen molar-refractivity contribution >= 4 is 61.9 Å². The van der Waals surface area contributed by atoms with Crippen molar-refractivity contribution in [3.05, 3.63) is 58.2 Å². The Hall–Kier alpha value is -1.81. The Morgan fingerprint density at radius 2 is 2.16 bits per heavy atom. The minimum absolute atomic E-state index is 0.0140. The van der Waals surface area contributed by atoms with Gasteiger partial charge in [0.1, 0.15) is 9.97 Å². The number of thioether (sulfide) groups is 1. The lowest BCUT2D eigenvalue weighted by molar-refractivity contribution is -0.121. The van der Waals surface area contributed by atoms with Gasteiger partial charge in [0.05, 0.1) is 15.5 Å². The van der Waals surface area contributed by atoms with Gasteiger partial charge in [0, 0.05) is 12.6 Å². The van der Waals surface area contributed by atoms with Crippen LogP contribution in [0.15, 0.2) is 61.1 Å². The summed E-state index contributed by atoms with van der Waals surface area (Å²) < 4.78 is 34.2. The summed E-state index contributed by atoms with van der Waals surface area (Å²) >= 11 is 7.66. The largest absolute Gasteiger partial charge is 0.465 e. The maximum atomic E-state index is 12.5. The molecule has 0 atom stereocenters. The highest BCUT2D eigenvalue weighted by atomic mass is 35.5. The van der Waals surface area contributed by atoms with Crippen LogP contribution < -0.4 is 0 Å². The molecule has 3 rings (SSSR count). The Bertz CT molecular complexity index is 974. The van der Waals surface area contributed by atoms with Gasteiger partial charge in [-0.05, 0) is 36.0 Å². The number of amides is 1. The van der Waals surface area contributed by atoms with E-state index in [0.717, 1.165) is 23.1 Å². The predicted octanol–water partition coefficient (Wildman–Crippen LogP) is 3.84. The molecule has 0 radical (unpaired) electrons. The lowest BCUT2D eigenvalue weighted by atomic mass is 10.3. The molecule has 1 fully saturated rings. The van der Waals surface area contributed by atoms with Crippen LogP contribution in [-0.2, 0) is 14.8 Å². The zero-order valence-corrected chi connectivity index (χ0v) is 15.8. The molecule has 0 N–H and O–H groups in total. The monoisotopic (exact) mass is 414 g/mol. The highest BCUT2D eigenvalue weighted by Gasteiger charge is 2.34. The molecule has 3 heterocycles. The topological polar surface area (TPSA) is 80.0 Å². The second-order valence-corrected chi connectivity index (χ2v) is 9.29. The third-order valence-corrected chi connectivity index (χ3v) is 7.11. The number of rotatable bonds is 5. The molecule has 1 amide bonds. The van der Waals surface area contributed by atoms with Gasteiger partial charge in [0.15, 0.2) is 5.17 Å². The van der Waals surface area contributed by atoms with Crippen molar-refractivity contribution in [3.8, 4) is 0 Å². The molecule has 0 aromatic carbocycles. The lowest BCUT2D eigenvalue weighted by Crippen LogP contribution is -2.29. The van der Waals surface area contributed by atoms with Crippen molar-refractivity contribution < 1.29 is 17.6 Å². The van der Waals surface area contributed by atoms with Crippen LogP contribution in [0.1, 0.15) is 5.76 Å². The van der Waals surface area contributed by atoms with Crippen molar-refractivity contribution in [1.29, 1.82) is 0 Å². The fraction of sp³-hybridized carbons (Fsp3) is 0.0667. The minimum Gasteiger partial charge on any atom is -0.465 e. The van der Waals surface area contributed by atoms with Crippen LogP contribution >= 0.6 is 34.7 Å². The Morgan fingerprint density at radius 3 is 2.76 bits per heavy atom. The van der Waals surface area contributed by atoms with Crippen LogP contribution in [0.5, 0.6) is 0 Å². The number of carbonyl (C=O) groups is 1. The molecule has 25 heavy (non-hydrogen) atoms. The van der Waals surface area contributed by atoms with Crippen molar-refractivity contribution in [3.63, 3.8) is 0 Å². The van der Waals surface area contributed by atoms with Gasteiger partial charge in [0.25, 0.3) is 15.9 Å². The Labute approximate surface area is 157 Å². The van der Waals surface area contributed by atoms with Crippen molar-refractivity contribution in [2.45, 2.75) is 4.21 Å². The third kappa shape index (κ3) is 3.90. The lowest BCUT2D eigenvalue weighted by Gasteiger charge is -2.12. The minimum atomic E-state index is -3.96. The van der Waals surface area contributed by atoms with Crippen LogP contribution in [0.3, 0.4) is 0 Å². The Kier molecular flexibility index (Phi) is 5.19. The highest BCUT2D eigenvalue weighted by molar-refractivity contribution is 8.19. The summed E-state index contributed by atoms with van der Waals surface area (Å²) in [7, 11) is -3.96. The molecule has 10 heteroatoms. The van der Waals surface area contributed by atoms with Gasteiger partial charge in [0.2, 0.25) is 0 Å². The summed E-state index contributed by atoms with van der Waals surface area (Å²) in [5, 5.41) is 0.0622. The maximum Gasteiger partial charge on any atom is 0.294 e. The molecular formula is C15H11ClN2O4S3. The van der Waals surface area contributed by atoms with E-state index in [2.05, 4.69) is 11.0 Å². The second-order valence-electron chi connectivity index (χ2n) is 4.74. The molecule has 0 spiro atoms. The molecular weight excluding hydrogens is 404 g/mol. The average Bonchev–Trinajstić information content (AvgIpc) is 3.26. The quantitative estimate of drug-likeness (QED) is 0.548. The molecule has 6 nitrogen and oxygen atoms in total. The van der Waals surface area contributed by atoms with Gasteiger partial charge < -0.3 is 4.42 Å². The Balaban J connectivity index is 1.99. The van der Waals surface area contributed by atoms with E-state index < -0.39 is 10.0 Å². The Morgan fingerprint density at radius 1 is 1.36 bits per heavy atom. The highest BCUT2D eigenvalue weighted by Crippen LogP contribution is 2.34. The number of sulfonamides is 1. The van der Waals surface area contributed by atoms with E-state index >= 15 is 0 Å². The first-order chi connectivity index (χ1) is 11.9. The summed E-state index contributed by atoms with van der Waals surface area (Å²) in [6.45, 7) is 3.73. The van der Waals surface area contributed by atoms with Gasteiger partial charge in [-0.2, -0.15) is 8.42 Å². The first kappa shape index (κ1) is 18.0. The zero-order valence-electron chi connectivity index (χ0n) is 12.6. The molecule has 1 aliphatic heterocycles. The van der Waals surface area contributed by atoms with Crippen LogP contribution in [0, 0.1) is 0 Å². The third-order valence-electron chi connectivity index (χ3n) is 3.02. The summed E-state index contributed by atoms with van der Waals surface area (Å²) in [5.74, 6) is 0.128. The number of nitrogens with zero attached hydrogens (tertiary/aromatic N) is 2. The molecule has 1 aliphatic rings. The predicted molar refractivity (Wildman–Crippen MR) is 100 cm³/mol. The number of hydrogen-bond donors (Lipinski definition) is 0. The number of hydrogen-bond acceptors (Lipinski definition) is 6. The smallest absolute Gasteiger partial charge is 0.294 e. The molecule has 2 aromatic heterocycles. The number of halogens is 1. The summed E-state index contributed by atoms with van der Waals surface area (Å²) in [6, 6.07) is 6.25. The van der Waals surface area contributed by atoms with Crippen molar-refractivity contribution in [2.75, 3.05) is 6.54 Å². The van der Waals surface area contributed by atoms with E-state index in [1.165, 1.54) is 29.4 Å². The normalized spacial score (nSPS) is 18.4. The van der Waals surface area contributed by atoms with Gasteiger partial charge in [-0.15, -0.1) is 22.3 Å². The molecule has 1 saturated heterocycles. The van der Waals surface area contributed by atoms with Crippen LogP contribution in [0.25, 0.3) is 6.08 Å².